The lowest BCUT2D eigenvalue weighted by atomic mass is 10.2. The molecule has 0 aromatic carbocycles. The number of aryl methyl sites for hydroxylation is 1. The van der Waals surface area contributed by atoms with Gasteiger partial charge in [0.15, 0.2) is 0 Å². The van der Waals surface area contributed by atoms with Gasteiger partial charge in [-0.1, -0.05) is 13.8 Å². The van der Waals surface area contributed by atoms with Crippen LogP contribution in [0.5, 0.6) is 0 Å². The fraction of sp³-hybridized carbons (Fsp3) is 0.600. The van der Waals surface area contributed by atoms with Crippen molar-refractivity contribution < 1.29 is 4.42 Å². The van der Waals surface area contributed by atoms with E-state index >= 15 is 0 Å². The van der Waals surface area contributed by atoms with Crippen molar-refractivity contribution in [3.8, 4) is 0 Å². The van der Waals surface area contributed by atoms with Crippen LogP contribution in [0.15, 0.2) is 22.9 Å². The smallest absolute Gasteiger partial charge is 0.211 e. The molecule has 0 fully saturated rings. The SMILES string of the molecule is CCC(CC)n1ccc(CNC(C)c2ncc(C)o2)n1. The summed E-state index contributed by atoms with van der Waals surface area (Å²) < 4.78 is 7.58. The van der Waals surface area contributed by atoms with Gasteiger partial charge in [-0.3, -0.25) is 4.68 Å². The molecule has 5 nitrogen and oxygen atoms in total. The van der Waals surface area contributed by atoms with Crippen LogP contribution in [0.1, 0.15) is 63.0 Å². The van der Waals surface area contributed by atoms with Crippen LogP contribution in [0.4, 0.5) is 0 Å². The van der Waals surface area contributed by atoms with Crippen molar-refractivity contribution in [3.63, 3.8) is 0 Å². The third kappa shape index (κ3) is 3.48. The Morgan fingerprint density at radius 2 is 2.10 bits per heavy atom. The molecular weight excluding hydrogens is 252 g/mol. The number of hydrogen-bond donors (Lipinski definition) is 1. The zero-order valence-electron chi connectivity index (χ0n) is 12.8. The molecule has 0 saturated heterocycles. The molecule has 2 aromatic rings. The number of oxazole rings is 1. The Morgan fingerprint density at radius 3 is 2.70 bits per heavy atom. The van der Waals surface area contributed by atoms with Crippen LogP contribution in [0.2, 0.25) is 0 Å². The minimum absolute atomic E-state index is 0.0852. The van der Waals surface area contributed by atoms with E-state index in [0.29, 0.717) is 6.04 Å². The quantitative estimate of drug-likeness (QED) is 0.842. The minimum Gasteiger partial charge on any atom is -0.444 e. The van der Waals surface area contributed by atoms with Crippen molar-refractivity contribution >= 4 is 0 Å². The number of rotatable bonds is 7. The number of nitrogens with zero attached hydrogens (tertiary/aromatic N) is 3. The summed E-state index contributed by atoms with van der Waals surface area (Å²) in [6, 6.07) is 2.65. The second-order valence-electron chi connectivity index (χ2n) is 5.17. The maximum atomic E-state index is 5.51. The minimum atomic E-state index is 0.0852. The first-order chi connectivity index (χ1) is 9.63. The highest BCUT2D eigenvalue weighted by atomic mass is 16.4. The molecule has 0 saturated carbocycles. The molecular formula is C15H24N4O. The van der Waals surface area contributed by atoms with Gasteiger partial charge >= 0.3 is 0 Å². The van der Waals surface area contributed by atoms with E-state index in [1.165, 1.54) is 0 Å². The predicted octanol–water partition coefficient (Wildman–Crippen LogP) is 3.39. The van der Waals surface area contributed by atoms with Gasteiger partial charge in [-0.25, -0.2) is 4.98 Å². The van der Waals surface area contributed by atoms with Gasteiger partial charge in [-0.05, 0) is 32.8 Å². The Labute approximate surface area is 120 Å². The lowest BCUT2D eigenvalue weighted by Gasteiger charge is -2.12. The third-order valence-corrected chi connectivity index (χ3v) is 3.58. The highest BCUT2D eigenvalue weighted by Gasteiger charge is 2.12. The standard InChI is InChI=1S/C15H24N4O/c1-5-14(6-2)19-8-7-13(18-19)10-16-12(4)15-17-9-11(3)20-15/h7-9,12,14,16H,5-6,10H2,1-4H3. The molecule has 2 heterocycles. The molecule has 0 radical (unpaired) electrons. The van der Waals surface area contributed by atoms with Crippen molar-refractivity contribution in [3.05, 3.63) is 35.8 Å². The van der Waals surface area contributed by atoms with E-state index in [4.69, 9.17) is 4.42 Å². The maximum absolute atomic E-state index is 5.51. The van der Waals surface area contributed by atoms with Crippen LogP contribution in [0.25, 0.3) is 0 Å². The lowest BCUT2D eigenvalue weighted by Crippen LogP contribution is -2.19. The summed E-state index contributed by atoms with van der Waals surface area (Å²) in [4.78, 5) is 4.23. The van der Waals surface area contributed by atoms with Gasteiger partial charge in [0, 0.05) is 12.7 Å². The molecule has 0 spiro atoms. The van der Waals surface area contributed by atoms with Gasteiger partial charge in [-0.2, -0.15) is 5.10 Å². The molecule has 5 heteroatoms. The Morgan fingerprint density at radius 1 is 1.35 bits per heavy atom. The predicted molar refractivity (Wildman–Crippen MR) is 78.3 cm³/mol. The van der Waals surface area contributed by atoms with Crippen LogP contribution in [-0.4, -0.2) is 14.8 Å². The molecule has 0 amide bonds. The lowest BCUT2D eigenvalue weighted by molar-refractivity contribution is 0.396. The first-order valence-electron chi connectivity index (χ1n) is 7.33. The van der Waals surface area contributed by atoms with Gasteiger partial charge in [0.1, 0.15) is 5.76 Å². The Kier molecular flexibility index (Phi) is 4.95. The topological polar surface area (TPSA) is 55.9 Å². The van der Waals surface area contributed by atoms with Crippen LogP contribution >= 0.6 is 0 Å². The highest BCUT2D eigenvalue weighted by Crippen LogP contribution is 2.15. The molecule has 1 unspecified atom stereocenters. The third-order valence-electron chi connectivity index (χ3n) is 3.58. The fourth-order valence-electron chi connectivity index (χ4n) is 2.26. The molecule has 20 heavy (non-hydrogen) atoms. The van der Waals surface area contributed by atoms with Crippen LogP contribution in [0, 0.1) is 6.92 Å². The fourth-order valence-corrected chi connectivity index (χ4v) is 2.26. The van der Waals surface area contributed by atoms with Gasteiger partial charge in [0.25, 0.3) is 0 Å². The van der Waals surface area contributed by atoms with E-state index < -0.39 is 0 Å². The van der Waals surface area contributed by atoms with Crippen LogP contribution in [-0.2, 0) is 6.54 Å². The molecule has 1 atom stereocenters. The molecule has 110 valence electrons. The Balaban J connectivity index is 1.91. The zero-order chi connectivity index (χ0) is 14.5. The van der Waals surface area contributed by atoms with Crippen molar-refractivity contribution in [2.24, 2.45) is 0 Å². The van der Waals surface area contributed by atoms with Crippen molar-refractivity contribution in [1.82, 2.24) is 20.1 Å². The van der Waals surface area contributed by atoms with Crippen molar-refractivity contribution in [2.45, 2.75) is 59.2 Å². The normalized spacial score (nSPS) is 13.1. The van der Waals surface area contributed by atoms with Gasteiger partial charge in [0.2, 0.25) is 5.89 Å². The first-order valence-corrected chi connectivity index (χ1v) is 7.33. The molecule has 0 aliphatic carbocycles. The van der Waals surface area contributed by atoms with Crippen LogP contribution in [0.3, 0.4) is 0 Å². The maximum Gasteiger partial charge on any atom is 0.211 e. The van der Waals surface area contributed by atoms with Crippen LogP contribution < -0.4 is 5.32 Å². The number of nitrogens with one attached hydrogen (secondary N) is 1. The van der Waals surface area contributed by atoms with Crippen molar-refractivity contribution in [1.29, 1.82) is 0 Å². The van der Waals surface area contributed by atoms with Gasteiger partial charge in [0.05, 0.1) is 24.0 Å². The monoisotopic (exact) mass is 276 g/mol. The largest absolute Gasteiger partial charge is 0.444 e. The molecule has 0 aliphatic heterocycles. The van der Waals surface area contributed by atoms with E-state index in [1.54, 1.807) is 6.20 Å². The zero-order valence-corrected chi connectivity index (χ0v) is 12.8. The Bertz CT molecular complexity index is 527. The molecule has 2 rings (SSSR count). The molecule has 0 aliphatic rings. The first kappa shape index (κ1) is 14.8. The van der Waals surface area contributed by atoms with E-state index in [2.05, 4.69) is 46.2 Å². The van der Waals surface area contributed by atoms with Gasteiger partial charge in [-0.15, -0.1) is 0 Å². The summed E-state index contributed by atoms with van der Waals surface area (Å²) in [5.74, 6) is 1.56. The summed E-state index contributed by atoms with van der Waals surface area (Å²) in [5, 5.41) is 8.01. The van der Waals surface area contributed by atoms with E-state index in [1.807, 2.05) is 13.8 Å². The molecule has 0 bridgehead atoms. The highest BCUT2D eigenvalue weighted by molar-refractivity contribution is 5.01. The molecule has 1 N–H and O–H groups in total. The van der Waals surface area contributed by atoms with E-state index in [0.717, 1.165) is 36.7 Å². The second-order valence-corrected chi connectivity index (χ2v) is 5.17. The van der Waals surface area contributed by atoms with E-state index in [9.17, 15) is 0 Å². The van der Waals surface area contributed by atoms with Crippen molar-refractivity contribution in [2.75, 3.05) is 0 Å². The summed E-state index contributed by atoms with van der Waals surface area (Å²) in [5.41, 5.74) is 1.05. The summed E-state index contributed by atoms with van der Waals surface area (Å²) >= 11 is 0. The Hall–Kier alpha value is -1.62. The number of hydrogen-bond acceptors (Lipinski definition) is 4. The molecule has 2 aromatic heterocycles. The summed E-state index contributed by atoms with van der Waals surface area (Å²) in [6.07, 6.45) is 6.03. The van der Waals surface area contributed by atoms with Gasteiger partial charge < -0.3 is 9.73 Å². The summed E-state index contributed by atoms with van der Waals surface area (Å²) in [7, 11) is 0. The summed E-state index contributed by atoms with van der Waals surface area (Å²) in [6.45, 7) is 9.06. The average molecular weight is 276 g/mol. The second kappa shape index (κ2) is 6.70. The van der Waals surface area contributed by atoms with E-state index in [-0.39, 0.29) is 6.04 Å². The number of aromatic nitrogens is 3. The average Bonchev–Trinajstić information content (AvgIpc) is 3.07.